The molecule has 0 aliphatic heterocycles. The fraction of sp³-hybridized carbons (Fsp3) is 0.227. The molecule has 8 nitrogen and oxygen atoms in total. The van der Waals surface area contributed by atoms with Gasteiger partial charge in [0.1, 0.15) is 22.4 Å². The first-order chi connectivity index (χ1) is 14.9. The molecule has 1 N–H and O–H groups in total. The van der Waals surface area contributed by atoms with Crippen LogP contribution in [-0.4, -0.2) is 37.3 Å². The Morgan fingerprint density at radius 3 is 2.68 bits per heavy atom. The molecule has 0 saturated heterocycles. The van der Waals surface area contributed by atoms with Gasteiger partial charge < -0.3 is 10.1 Å². The number of carbonyl (C=O) groups is 1. The van der Waals surface area contributed by atoms with E-state index in [2.05, 4.69) is 20.4 Å². The lowest BCUT2D eigenvalue weighted by molar-refractivity contribution is 0.0527. The van der Waals surface area contributed by atoms with Crippen LogP contribution in [0.5, 0.6) is 0 Å². The molecule has 0 aliphatic rings. The number of para-hydroxylation sites is 1. The van der Waals surface area contributed by atoms with Gasteiger partial charge in [-0.25, -0.2) is 19.7 Å². The van der Waals surface area contributed by atoms with E-state index in [1.165, 1.54) is 6.20 Å². The van der Waals surface area contributed by atoms with Gasteiger partial charge in [-0.1, -0.05) is 29.8 Å². The summed E-state index contributed by atoms with van der Waals surface area (Å²) in [5, 5.41) is 8.92. The van der Waals surface area contributed by atoms with Gasteiger partial charge in [0.15, 0.2) is 11.6 Å². The van der Waals surface area contributed by atoms with E-state index in [0.717, 1.165) is 22.0 Å². The van der Waals surface area contributed by atoms with Crippen molar-refractivity contribution in [2.45, 2.75) is 27.7 Å². The highest BCUT2D eigenvalue weighted by molar-refractivity contribution is 6.29. The zero-order chi connectivity index (χ0) is 22.1. The number of carbonyl (C=O) groups excluding carboxylic acids is 1. The number of pyridine rings is 1. The number of aromatic nitrogens is 5. The molecule has 0 unspecified atom stereocenters. The van der Waals surface area contributed by atoms with E-state index in [1.807, 2.05) is 38.1 Å². The SMILES string of the molecule is CCOC(=O)c1cnn(-c2cc(C)c3cccc(C)c3n2)c1Nc1cc(Cl)nc(C)n1. The first-order valence-electron chi connectivity index (χ1n) is 9.78. The lowest BCUT2D eigenvalue weighted by Crippen LogP contribution is -2.11. The molecule has 0 bridgehead atoms. The second kappa shape index (κ2) is 8.31. The van der Waals surface area contributed by atoms with Gasteiger partial charge in [-0.3, -0.25) is 0 Å². The van der Waals surface area contributed by atoms with Crippen molar-refractivity contribution in [1.82, 2.24) is 24.7 Å². The van der Waals surface area contributed by atoms with E-state index in [4.69, 9.17) is 21.3 Å². The van der Waals surface area contributed by atoms with Crippen LogP contribution in [0.25, 0.3) is 16.7 Å². The smallest absolute Gasteiger partial charge is 0.343 e. The van der Waals surface area contributed by atoms with Crippen molar-refractivity contribution >= 4 is 40.1 Å². The Morgan fingerprint density at radius 1 is 1.13 bits per heavy atom. The summed E-state index contributed by atoms with van der Waals surface area (Å²) in [5.41, 5.74) is 3.23. The molecule has 3 aromatic heterocycles. The third-order valence-electron chi connectivity index (χ3n) is 4.77. The van der Waals surface area contributed by atoms with E-state index < -0.39 is 5.97 Å². The monoisotopic (exact) mass is 436 g/mol. The number of aryl methyl sites for hydroxylation is 3. The molecule has 0 atom stereocenters. The van der Waals surface area contributed by atoms with Crippen LogP contribution >= 0.6 is 11.6 Å². The van der Waals surface area contributed by atoms with Gasteiger partial charge in [0.2, 0.25) is 0 Å². The molecule has 0 fully saturated rings. The van der Waals surface area contributed by atoms with Gasteiger partial charge in [0.05, 0.1) is 18.3 Å². The van der Waals surface area contributed by atoms with Crippen LogP contribution in [0.3, 0.4) is 0 Å². The summed E-state index contributed by atoms with van der Waals surface area (Å²) in [6.45, 7) is 7.76. The fourth-order valence-corrected chi connectivity index (χ4v) is 3.60. The van der Waals surface area contributed by atoms with Gasteiger partial charge in [0, 0.05) is 11.5 Å². The molecule has 0 spiro atoms. The fourth-order valence-electron chi connectivity index (χ4n) is 3.37. The van der Waals surface area contributed by atoms with Gasteiger partial charge in [0.25, 0.3) is 0 Å². The molecule has 9 heteroatoms. The second-order valence-corrected chi connectivity index (χ2v) is 7.44. The average molecular weight is 437 g/mol. The number of nitrogens with one attached hydrogen (secondary N) is 1. The number of halogens is 1. The molecule has 4 aromatic rings. The van der Waals surface area contributed by atoms with Crippen molar-refractivity contribution in [2.75, 3.05) is 11.9 Å². The lowest BCUT2D eigenvalue weighted by Gasteiger charge is -2.13. The zero-order valence-electron chi connectivity index (χ0n) is 17.6. The number of hydrogen-bond donors (Lipinski definition) is 1. The summed E-state index contributed by atoms with van der Waals surface area (Å²) in [7, 11) is 0. The highest BCUT2D eigenvalue weighted by Crippen LogP contribution is 2.28. The van der Waals surface area contributed by atoms with Gasteiger partial charge in [-0.2, -0.15) is 9.78 Å². The van der Waals surface area contributed by atoms with E-state index in [9.17, 15) is 4.79 Å². The molecule has 3 heterocycles. The average Bonchev–Trinajstić information content (AvgIpc) is 3.11. The topological polar surface area (TPSA) is 94.8 Å². The number of hydrogen-bond acceptors (Lipinski definition) is 7. The maximum Gasteiger partial charge on any atom is 0.343 e. The number of rotatable bonds is 5. The Morgan fingerprint density at radius 2 is 1.94 bits per heavy atom. The van der Waals surface area contributed by atoms with Gasteiger partial charge in [-0.15, -0.1) is 0 Å². The Kier molecular flexibility index (Phi) is 5.56. The predicted molar refractivity (Wildman–Crippen MR) is 119 cm³/mol. The maximum absolute atomic E-state index is 12.6. The number of fused-ring (bicyclic) bond motifs is 1. The van der Waals surface area contributed by atoms with Crippen molar-refractivity contribution in [3.8, 4) is 5.82 Å². The highest BCUT2D eigenvalue weighted by atomic mass is 35.5. The Bertz CT molecular complexity index is 1280. The van der Waals surface area contributed by atoms with Crippen molar-refractivity contribution < 1.29 is 9.53 Å². The molecular formula is C22H21ClN6O2. The largest absolute Gasteiger partial charge is 0.462 e. The van der Waals surface area contributed by atoms with Crippen LogP contribution < -0.4 is 5.32 Å². The number of ether oxygens (including phenoxy) is 1. The van der Waals surface area contributed by atoms with Crippen LogP contribution in [0.1, 0.15) is 34.2 Å². The summed E-state index contributed by atoms with van der Waals surface area (Å²) >= 11 is 6.09. The molecule has 158 valence electrons. The minimum Gasteiger partial charge on any atom is -0.462 e. The Labute approximate surface area is 184 Å². The molecule has 1 aromatic carbocycles. The van der Waals surface area contributed by atoms with Crippen molar-refractivity contribution in [3.63, 3.8) is 0 Å². The van der Waals surface area contributed by atoms with Gasteiger partial charge >= 0.3 is 5.97 Å². The van der Waals surface area contributed by atoms with E-state index in [-0.39, 0.29) is 17.3 Å². The molecular weight excluding hydrogens is 416 g/mol. The van der Waals surface area contributed by atoms with E-state index in [0.29, 0.717) is 23.3 Å². The normalized spacial score (nSPS) is 11.0. The quantitative estimate of drug-likeness (QED) is 0.357. The standard InChI is InChI=1S/C22H21ClN6O2/c1-5-31-22(30)16-11-24-29(21(16)27-18-10-17(23)25-14(4)26-18)19-9-13(3)15-8-6-7-12(2)20(15)28-19/h6-11H,5H2,1-4H3,(H,25,26,27). The van der Waals surface area contributed by atoms with Gasteiger partial charge in [-0.05, 0) is 44.9 Å². The molecule has 0 aliphatic carbocycles. The Balaban J connectivity index is 1.89. The summed E-state index contributed by atoms with van der Waals surface area (Å²) in [4.78, 5) is 25.8. The van der Waals surface area contributed by atoms with Crippen molar-refractivity contribution in [3.05, 3.63) is 64.2 Å². The van der Waals surface area contributed by atoms with Crippen LogP contribution in [0.15, 0.2) is 36.5 Å². The van der Waals surface area contributed by atoms with E-state index >= 15 is 0 Å². The van der Waals surface area contributed by atoms with Crippen LogP contribution in [0.2, 0.25) is 5.15 Å². The molecule has 4 rings (SSSR count). The first-order valence-corrected chi connectivity index (χ1v) is 10.2. The predicted octanol–water partition coefficient (Wildman–Crippen LogP) is 4.71. The highest BCUT2D eigenvalue weighted by Gasteiger charge is 2.22. The molecule has 0 radical (unpaired) electrons. The maximum atomic E-state index is 12.6. The number of anilines is 2. The summed E-state index contributed by atoms with van der Waals surface area (Å²) in [6, 6.07) is 9.55. The summed E-state index contributed by atoms with van der Waals surface area (Å²) < 4.78 is 6.77. The third kappa shape index (κ3) is 4.06. The van der Waals surface area contributed by atoms with E-state index in [1.54, 1.807) is 24.6 Å². The Hall–Kier alpha value is -3.52. The summed E-state index contributed by atoms with van der Waals surface area (Å²) in [5.74, 6) is 1.37. The zero-order valence-corrected chi connectivity index (χ0v) is 18.4. The third-order valence-corrected chi connectivity index (χ3v) is 4.96. The number of nitrogens with zero attached hydrogens (tertiary/aromatic N) is 5. The minimum atomic E-state index is -0.498. The molecule has 0 amide bonds. The molecule has 31 heavy (non-hydrogen) atoms. The lowest BCUT2D eigenvalue weighted by atomic mass is 10.1. The second-order valence-electron chi connectivity index (χ2n) is 7.06. The van der Waals surface area contributed by atoms with Crippen molar-refractivity contribution in [2.24, 2.45) is 0 Å². The number of esters is 1. The number of benzene rings is 1. The van der Waals surface area contributed by atoms with Crippen molar-refractivity contribution in [1.29, 1.82) is 0 Å². The first kappa shape index (κ1) is 20.7. The summed E-state index contributed by atoms with van der Waals surface area (Å²) in [6.07, 6.45) is 1.45. The minimum absolute atomic E-state index is 0.244. The van der Waals surface area contributed by atoms with Crippen LogP contribution in [-0.2, 0) is 4.74 Å². The van der Waals surface area contributed by atoms with Crippen LogP contribution in [0.4, 0.5) is 11.6 Å². The van der Waals surface area contributed by atoms with Crippen LogP contribution in [0, 0.1) is 20.8 Å². The molecule has 0 saturated carbocycles.